The van der Waals surface area contributed by atoms with E-state index in [2.05, 4.69) is 16.9 Å². The van der Waals surface area contributed by atoms with E-state index in [9.17, 15) is 13.2 Å². The molecular weight excluding hydrogens is 388 g/mol. The fraction of sp³-hybridized carbons (Fsp3) is 0.409. The number of amides is 1. The Kier molecular flexibility index (Phi) is 6.29. The van der Waals surface area contributed by atoms with Crippen molar-refractivity contribution in [3.8, 4) is 5.75 Å². The molecule has 0 bridgehead atoms. The molecule has 1 aliphatic heterocycles. The lowest BCUT2D eigenvalue weighted by Gasteiger charge is -2.26. The molecule has 1 heterocycles. The number of methoxy groups -OCH3 is 1. The Morgan fingerprint density at radius 1 is 1.17 bits per heavy atom. The molecule has 156 valence electrons. The van der Waals surface area contributed by atoms with E-state index in [1.165, 1.54) is 18.7 Å². The van der Waals surface area contributed by atoms with Gasteiger partial charge in [0.05, 0.1) is 13.2 Å². The molecule has 0 saturated carbocycles. The van der Waals surface area contributed by atoms with E-state index in [4.69, 9.17) is 4.74 Å². The molecule has 7 heteroatoms. The van der Waals surface area contributed by atoms with E-state index >= 15 is 0 Å². The van der Waals surface area contributed by atoms with Gasteiger partial charge in [0.1, 0.15) is 10.6 Å². The second-order valence-electron chi connectivity index (χ2n) is 7.71. The Morgan fingerprint density at radius 3 is 2.48 bits per heavy atom. The number of aryl methyl sites for hydroxylation is 1. The zero-order chi connectivity index (χ0) is 21.2. The van der Waals surface area contributed by atoms with Crippen LogP contribution in [0.2, 0.25) is 0 Å². The van der Waals surface area contributed by atoms with E-state index in [-0.39, 0.29) is 28.6 Å². The van der Waals surface area contributed by atoms with Crippen LogP contribution < -0.4 is 9.46 Å². The molecule has 0 aromatic heterocycles. The van der Waals surface area contributed by atoms with Crippen LogP contribution in [0, 0.1) is 6.92 Å². The molecule has 3 rings (SSSR count). The quantitative estimate of drug-likeness (QED) is 0.780. The highest BCUT2D eigenvalue weighted by molar-refractivity contribution is 7.89. The van der Waals surface area contributed by atoms with Crippen LogP contribution in [0.5, 0.6) is 5.75 Å². The Hall–Kier alpha value is -2.38. The highest BCUT2D eigenvalue weighted by Crippen LogP contribution is 2.34. The number of carbonyl (C=O) groups is 1. The van der Waals surface area contributed by atoms with Gasteiger partial charge in [0.15, 0.2) is 0 Å². The number of carbonyl (C=O) groups excluding carboxylic acids is 1. The Balaban J connectivity index is 1.94. The van der Waals surface area contributed by atoms with Gasteiger partial charge in [-0.15, -0.1) is 0 Å². The largest absolute Gasteiger partial charge is 0.495 e. The third kappa shape index (κ3) is 4.62. The normalized spacial score (nSPS) is 17.0. The van der Waals surface area contributed by atoms with Crippen LogP contribution in [0.3, 0.4) is 0 Å². The number of rotatable bonds is 6. The second kappa shape index (κ2) is 8.55. The van der Waals surface area contributed by atoms with Crippen molar-refractivity contribution in [3.63, 3.8) is 0 Å². The van der Waals surface area contributed by atoms with Crippen LogP contribution in [0.25, 0.3) is 0 Å². The molecule has 0 spiro atoms. The van der Waals surface area contributed by atoms with E-state index < -0.39 is 10.0 Å². The van der Waals surface area contributed by atoms with Crippen molar-refractivity contribution in [1.82, 2.24) is 9.62 Å². The average Bonchev–Trinajstić information content (AvgIpc) is 3.16. The van der Waals surface area contributed by atoms with Crippen molar-refractivity contribution < 1.29 is 17.9 Å². The van der Waals surface area contributed by atoms with Crippen LogP contribution in [-0.2, 0) is 10.0 Å². The number of nitrogens with zero attached hydrogens (tertiary/aromatic N) is 1. The zero-order valence-corrected chi connectivity index (χ0v) is 18.1. The maximum Gasteiger partial charge on any atom is 0.254 e. The van der Waals surface area contributed by atoms with Crippen LogP contribution >= 0.6 is 0 Å². The number of hydrogen-bond donors (Lipinski definition) is 1. The van der Waals surface area contributed by atoms with E-state index in [1.807, 2.05) is 24.0 Å². The monoisotopic (exact) mass is 416 g/mol. The number of nitrogens with one attached hydrogen (secondary N) is 1. The number of sulfonamides is 1. The lowest BCUT2D eigenvalue weighted by Crippen LogP contribution is -2.32. The van der Waals surface area contributed by atoms with Crippen molar-refractivity contribution in [3.05, 3.63) is 59.2 Å². The zero-order valence-electron chi connectivity index (χ0n) is 17.3. The Bertz CT molecular complexity index is 984. The highest BCUT2D eigenvalue weighted by Gasteiger charge is 2.31. The summed E-state index contributed by atoms with van der Waals surface area (Å²) in [6.45, 7) is 6.17. The summed E-state index contributed by atoms with van der Waals surface area (Å²) in [6, 6.07) is 12.5. The molecule has 2 aromatic carbocycles. The Labute approximate surface area is 172 Å². The summed E-state index contributed by atoms with van der Waals surface area (Å²) in [7, 11) is -2.38. The van der Waals surface area contributed by atoms with Crippen molar-refractivity contribution in [1.29, 1.82) is 0 Å². The lowest BCUT2D eigenvalue weighted by molar-refractivity contribution is 0.0735. The third-order valence-electron chi connectivity index (χ3n) is 5.07. The van der Waals surface area contributed by atoms with Gasteiger partial charge in [-0.25, -0.2) is 13.1 Å². The Morgan fingerprint density at radius 2 is 1.86 bits per heavy atom. The van der Waals surface area contributed by atoms with Crippen molar-refractivity contribution in [2.45, 2.75) is 50.6 Å². The molecule has 6 nitrogen and oxygen atoms in total. The highest BCUT2D eigenvalue weighted by atomic mass is 32.2. The summed E-state index contributed by atoms with van der Waals surface area (Å²) < 4.78 is 33.2. The van der Waals surface area contributed by atoms with Crippen molar-refractivity contribution >= 4 is 15.9 Å². The van der Waals surface area contributed by atoms with E-state index in [0.29, 0.717) is 12.1 Å². The van der Waals surface area contributed by atoms with Gasteiger partial charge in [0, 0.05) is 18.2 Å². The number of hydrogen-bond acceptors (Lipinski definition) is 4. The standard InChI is InChI=1S/C22H28N2O4S/c1-15(2)23-29(26,27)21-14-18(11-12-20(21)28-4)22(25)24-13-5-6-19(24)17-9-7-16(3)8-10-17/h7-12,14-15,19,23H,5-6,13H2,1-4H3. The van der Waals surface area contributed by atoms with E-state index in [1.54, 1.807) is 26.0 Å². The summed E-state index contributed by atoms with van der Waals surface area (Å²) in [5, 5.41) is 0. The first kappa shape index (κ1) is 21.3. The fourth-order valence-electron chi connectivity index (χ4n) is 3.70. The fourth-order valence-corrected chi connectivity index (χ4v) is 5.15. The van der Waals surface area contributed by atoms with Crippen LogP contribution in [0.15, 0.2) is 47.4 Å². The van der Waals surface area contributed by atoms with Gasteiger partial charge in [0.2, 0.25) is 10.0 Å². The van der Waals surface area contributed by atoms with Crippen LogP contribution in [0.4, 0.5) is 0 Å². The predicted octanol–water partition coefficient (Wildman–Crippen LogP) is 3.67. The van der Waals surface area contributed by atoms with Gasteiger partial charge in [-0.05, 0) is 57.4 Å². The molecule has 29 heavy (non-hydrogen) atoms. The van der Waals surface area contributed by atoms with Crippen LogP contribution in [-0.4, -0.2) is 38.9 Å². The topological polar surface area (TPSA) is 75.7 Å². The first-order chi connectivity index (χ1) is 13.7. The first-order valence-electron chi connectivity index (χ1n) is 9.81. The number of likely N-dealkylation sites (tertiary alicyclic amines) is 1. The SMILES string of the molecule is COc1ccc(C(=O)N2CCCC2c2ccc(C)cc2)cc1S(=O)(=O)NC(C)C. The molecular formula is C22H28N2O4S. The molecule has 0 radical (unpaired) electrons. The van der Waals surface area contributed by atoms with Gasteiger partial charge in [0.25, 0.3) is 5.91 Å². The maximum absolute atomic E-state index is 13.3. The van der Waals surface area contributed by atoms with Gasteiger partial charge >= 0.3 is 0 Å². The summed E-state index contributed by atoms with van der Waals surface area (Å²) in [4.78, 5) is 15.1. The number of ether oxygens (including phenoxy) is 1. The van der Waals surface area contributed by atoms with Gasteiger partial charge < -0.3 is 9.64 Å². The molecule has 0 aliphatic carbocycles. The molecule has 1 saturated heterocycles. The summed E-state index contributed by atoms with van der Waals surface area (Å²) in [5.74, 6) is 0.0444. The molecule has 1 unspecified atom stereocenters. The first-order valence-corrected chi connectivity index (χ1v) is 11.3. The molecule has 2 aromatic rings. The number of benzene rings is 2. The van der Waals surface area contributed by atoms with Crippen molar-refractivity contribution in [2.75, 3.05) is 13.7 Å². The summed E-state index contributed by atoms with van der Waals surface area (Å²) >= 11 is 0. The second-order valence-corrected chi connectivity index (χ2v) is 9.39. The summed E-state index contributed by atoms with van der Waals surface area (Å²) in [5.41, 5.74) is 2.62. The molecule has 1 atom stereocenters. The van der Waals surface area contributed by atoms with Crippen LogP contribution in [0.1, 0.15) is 54.2 Å². The average molecular weight is 417 g/mol. The minimum Gasteiger partial charge on any atom is -0.495 e. The van der Waals surface area contributed by atoms with Gasteiger partial charge in [-0.3, -0.25) is 4.79 Å². The molecule has 1 aliphatic rings. The molecule has 1 N–H and O–H groups in total. The summed E-state index contributed by atoms with van der Waals surface area (Å²) in [6.07, 6.45) is 1.81. The lowest BCUT2D eigenvalue weighted by atomic mass is 10.0. The van der Waals surface area contributed by atoms with Gasteiger partial charge in [-0.1, -0.05) is 29.8 Å². The minimum absolute atomic E-state index is 0.000882. The van der Waals surface area contributed by atoms with E-state index in [0.717, 1.165) is 18.4 Å². The van der Waals surface area contributed by atoms with Gasteiger partial charge in [-0.2, -0.15) is 0 Å². The minimum atomic E-state index is -3.80. The molecule has 1 amide bonds. The predicted molar refractivity (Wildman–Crippen MR) is 113 cm³/mol. The third-order valence-corrected chi connectivity index (χ3v) is 6.75. The molecule has 1 fully saturated rings. The van der Waals surface area contributed by atoms with Crippen molar-refractivity contribution in [2.24, 2.45) is 0 Å². The maximum atomic E-state index is 13.3. The smallest absolute Gasteiger partial charge is 0.254 e.